The van der Waals surface area contributed by atoms with Crippen LogP contribution in [0.1, 0.15) is 31.9 Å². The molecule has 0 saturated carbocycles. The molecular formula is C17H19N3. The molecule has 2 aromatic rings. The van der Waals surface area contributed by atoms with Crippen molar-refractivity contribution in [2.75, 3.05) is 11.1 Å². The molecular weight excluding hydrogens is 246 g/mol. The van der Waals surface area contributed by atoms with Gasteiger partial charge in [-0.1, -0.05) is 39.0 Å². The van der Waals surface area contributed by atoms with E-state index in [1.54, 1.807) is 12.1 Å². The number of nitrogens with one attached hydrogen (secondary N) is 1. The van der Waals surface area contributed by atoms with E-state index in [4.69, 9.17) is 11.0 Å². The third-order valence-corrected chi connectivity index (χ3v) is 3.19. The molecule has 0 aliphatic heterocycles. The molecule has 2 rings (SSSR count). The first-order chi connectivity index (χ1) is 9.41. The van der Waals surface area contributed by atoms with Gasteiger partial charge >= 0.3 is 0 Å². The summed E-state index contributed by atoms with van der Waals surface area (Å²) in [5.74, 6) is 0. The Labute approximate surface area is 120 Å². The molecule has 3 N–H and O–H groups in total. The molecule has 2 aromatic carbocycles. The predicted octanol–water partition coefficient (Wildman–Crippen LogP) is 4.18. The van der Waals surface area contributed by atoms with Crippen LogP contribution < -0.4 is 11.1 Å². The highest BCUT2D eigenvalue weighted by atomic mass is 14.9. The molecule has 20 heavy (non-hydrogen) atoms. The molecule has 0 bridgehead atoms. The molecule has 0 atom stereocenters. The summed E-state index contributed by atoms with van der Waals surface area (Å²) in [6, 6.07) is 15.7. The number of para-hydroxylation sites is 1. The Morgan fingerprint density at radius 1 is 1.10 bits per heavy atom. The maximum Gasteiger partial charge on any atom is 0.101 e. The molecule has 0 fully saturated rings. The van der Waals surface area contributed by atoms with Crippen LogP contribution in [0.5, 0.6) is 0 Å². The van der Waals surface area contributed by atoms with Crippen LogP contribution in [-0.2, 0) is 5.41 Å². The van der Waals surface area contributed by atoms with Crippen LogP contribution in [0.4, 0.5) is 17.1 Å². The number of nitriles is 1. The summed E-state index contributed by atoms with van der Waals surface area (Å²) >= 11 is 0. The van der Waals surface area contributed by atoms with Crippen LogP contribution in [-0.4, -0.2) is 0 Å². The third kappa shape index (κ3) is 2.92. The van der Waals surface area contributed by atoms with Crippen LogP contribution in [0.25, 0.3) is 0 Å². The number of nitrogens with zero attached hydrogens (tertiary/aromatic N) is 1. The fraction of sp³-hybridized carbons (Fsp3) is 0.235. The molecule has 0 saturated heterocycles. The summed E-state index contributed by atoms with van der Waals surface area (Å²) in [5, 5.41) is 12.3. The molecule has 0 aliphatic carbocycles. The van der Waals surface area contributed by atoms with Crippen molar-refractivity contribution in [2.45, 2.75) is 26.2 Å². The zero-order valence-electron chi connectivity index (χ0n) is 12.1. The van der Waals surface area contributed by atoms with Gasteiger partial charge in [0.05, 0.1) is 11.3 Å². The Balaban J connectivity index is 2.36. The number of rotatable bonds is 2. The van der Waals surface area contributed by atoms with Gasteiger partial charge < -0.3 is 11.1 Å². The number of benzene rings is 2. The van der Waals surface area contributed by atoms with E-state index in [1.807, 2.05) is 18.2 Å². The van der Waals surface area contributed by atoms with Gasteiger partial charge in [0.15, 0.2) is 0 Å². The largest absolute Gasteiger partial charge is 0.398 e. The van der Waals surface area contributed by atoms with Crippen LogP contribution in [0, 0.1) is 11.3 Å². The maximum atomic E-state index is 8.90. The minimum absolute atomic E-state index is 0.0573. The average Bonchev–Trinajstić information content (AvgIpc) is 2.38. The van der Waals surface area contributed by atoms with Crippen LogP contribution in [0.2, 0.25) is 0 Å². The highest BCUT2D eigenvalue weighted by Crippen LogP contribution is 2.31. The van der Waals surface area contributed by atoms with E-state index in [-0.39, 0.29) is 5.41 Å². The summed E-state index contributed by atoms with van der Waals surface area (Å²) in [4.78, 5) is 0. The van der Waals surface area contributed by atoms with Crippen molar-refractivity contribution in [3.05, 3.63) is 53.6 Å². The summed E-state index contributed by atoms with van der Waals surface area (Å²) in [6.07, 6.45) is 0. The molecule has 0 unspecified atom stereocenters. The standard InChI is InChI=1S/C17H19N3/c1-17(2,3)14-6-4-5-7-16(14)20-13-9-8-12(11-18)15(19)10-13/h4-10,20H,19H2,1-3H3. The van der Waals surface area contributed by atoms with Gasteiger partial charge in [0.25, 0.3) is 0 Å². The van der Waals surface area contributed by atoms with Gasteiger partial charge in [-0.05, 0) is 35.2 Å². The van der Waals surface area contributed by atoms with E-state index >= 15 is 0 Å². The number of nitrogens with two attached hydrogens (primary N) is 1. The Bertz CT molecular complexity index is 661. The first kappa shape index (κ1) is 14.0. The fourth-order valence-corrected chi connectivity index (χ4v) is 2.14. The second-order valence-corrected chi connectivity index (χ2v) is 5.83. The van der Waals surface area contributed by atoms with Gasteiger partial charge in [-0.3, -0.25) is 0 Å². The molecule has 0 radical (unpaired) electrons. The third-order valence-electron chi connectivity index (χ3n) is 3.19. The van der Waals surface area contributed by atoms with E-state index in [2.05, 4.69) is 44.3 Å². The SMILES string of the molecule is CC(C)(C)c1ccccc1Nc1ccc(C#N)c(N)c1. The first-order valence-corrected chi connectivity index (χ1v) is 6.58. The lowest BCUT2D eigenvalue weighted by molar-refractivity contribution is 0.592. The minimum atomic E-state index is 0.0573. The van der Waals surface area contributed by atoms with Crippen molar-refractivity contribution in [1.82, 2.24) is 0 Å². The van der Waals surface area contributed by atoms with E-state index in [1.165, 1.54) is 5.56 Å². The number of anilines is 3. The highest BCUT2D eigenvalue weighted by Gasteiger charge is 2.17. The summed E-state index contributed by atoms with van der Waals surface area (Å²) in [6.45, 7) is 6.54. The lowest BCUT2D eigenvalue weighted by Gasteiger charge is -2.23. The lowest BCUT2D eigenvalue weighted by Crippen LogP contribution is -2.13. The van der Waals surface area contributed by atoms with Crippen molar-refractivity contribution in [3.8, 4) is 6.07 Å². The van der Waals surface area contributed by atoms with E-state index in [9.17, 15) is 0 Å². The Hall–Kier alpha value is -2.47. The van der Waals surface area contributed by atoms with Gasteiger partial charge in [-0.15, -0.1) is 0 Å². The molecule has 0 aromatic heterocycles. The Kier molecular flexibility index (Phi) is 3.67. The Morgan fingerprint density at radius 3 is 2.40 bits per heavy atom. The van der Waals surface area contributed by atoms with Crippen LogP contribution in [0.3, 0.4) is 0 Å². The molecule has 0 spiro atoms. The molecule has 3 heteroatoms. The van der Waals surface area contributed by atoms with E-state index in [0.717, 1.165) is 11.4 Å². The van der Waals surface area contributed by atoms with Crippen molar-refractivity contribution in [3.63, 3.8) is 0 Å². The molecule has 0 aliphatic rings. The zero-order chi connectivity index (χ0) is 14.8. The van der Waals surface area contributed by atoms with Crippen molar-refractivity contribution >= 4 is 17.1 Å². The van der Waals surface area contributed by atoms with Gasteiger partial charge in [0, 0.05) is 11.4 Å². The molecule has 102 valence electrons. The summed E-state index contributed by atoms with van der Waals surface area (Å²) < 4.78 is 0. The number of hydrogen-bond acceptors (Lipinski definition) is 3. The lowest BCUT2D eigenvalue weighted by atomic mass is 9.86. The Morgan fingerprint density at radius 2 is 1.80 bits per heavy atom. The minimum Gasteiger partial charge on any atom is -0.398 e. The fourth-order valence-electron chi connectivity index (χ4n) is 2.14. The van der Waals surface area contributed by atoms with Crippen molar-refractivity contribution in [2.24, 2.45) is 0 Å². The first-order valence-electron chi connectivity index (χ1n) is 6.58. The van der Waals surface area contributed by atoms with Crippen molar-refractivity contribution < 1.29 is 0 Å². The topological polar surface area (TPSA) is 61.8 Å². The smallest absolute Gasteiger partial charge is 0.101 e. The predicted molar refractivity (Wildman–Crippen MR) is 84.0 cm³/mol. The second kappa shape index (κ2) is 5.26. The quantitative estimate of drug-likeness (QED) is 0.801. The monoisotopic (exact) mass is 265 g/mol. The normalized spacial score (nSPS) is 10.9. The number of nitrogen functional groups attached to an aromatic ring is 1. The summed E-state index contributed by atoms with van der Waals surface area (Å²) in [5.41, 5.74) is 10.1. The van der Waals surface area contributed by atoms with Crippen LogP contribution in [0.15, 0.2) is 42.5 Å². The molecule has 0 amide bonds. The number of hydrogen-bond donors (Lipinski definition) is 2. The van der Waals surface area contributed by atoms with Crippen LogP contribution >= 0.6 is 0 Å². The average molecular weight is 265 g/mol. The van der Waals surface area contributed by atoms with E-state index in [0.29, 0.717) is 11.3 Å². The van der Waals surface area contributed by atoms with Gasteiger partial charge in [0.2, 0.25) is 0 Å². The van der Waals surface area contributed by atoms with Gasteiger partial charge in [0.1, 0.15) is 6.07 Å². The van der Waals surface area contributed by atoms with E-state index < -0.39 is 0 Å². The van der Waals surface area contributed by atoms with Gasteiger partial charge in [-0.2, -0.15) is 5.26 Å². The highest BCUT2D eigenvalue weighted by molar-refractivity contribution is 5.69. The zero-order valence-corrected chi connectivity index (χ0v) is 12.1. The maximum absolute atomic E-state index is 8.90. The molecule has 3 nitrogen and oxygen atoms in total. The summed E-state index contributed by atoms with van der Waals surface area (Å²) in [7, 11) is 0. The molecule has 0 heterocycles. The second-order valence-electron chi connectivity index (χ2n) is 5.83. The van der Waals surface area contributed by atoms with Gasteiger partial charge in [-0.25, -0.2) is 0 Å². The van der Waals surface area contributed by atoms with Crippen molar-refractivity contribution in [1.29, 1.82) is 5.26 Å².